The average Bonchev–Trinajstić information content (AvgIpc) is 2.48. The Balaban J connectivity index is 2.41. The minimum absolute atomic E-state index is 0.157. The third kappa shape index (κ3) is 2.75. The van der Waals surface area contributed by atoms with Crippen LogP contribution in [0.2, 0.25) is 0 Å². The van der Waals surface area contributed by atoms with Gasteiger partial charge in [0.2, 0.25) is 0 Å². The lowest BCUT2D eigenvalue weighted by Gasteiger charge is -2.11. The van der Waals surface area contributed by atoms with Crippen LogP contribution in [0.5, 0.6) is 0 Å². The molecule has 4 nitrogen and oxygen atoms in total. The summed E-state index contributed by atoms with van der Waals surface area (Å²) in [5.41, 5.74) is 1.40. The molecule has 0 amide bonds. The number of para-hydroxylation sites is 1. The Bertz CT molecular complexity index is 693. The zero-order chi connectivity index (χ0) is 14.5. The molecule has 0 radical (unpaired) electrons. The number of carbonyl (C=O) groups excluding carboxylic acids is 1. The molecule has 0 aromatic heterocycles. The summed E-state index contributed by atoms with van der Waals surface area (Å²) in [6.07, 6.45) is 0. The first-order valence-corrected chi connectivity index (χ1v) is 5.79. The van der Waals surface area contributed by atoms with Crippen LogP contribution in [-0.2, 0) is 4.74 Å². The van der Waals surface area contributed by atoms with Crippen molar-refractivity contribution in [1.29, 1.82) is 5.26 Å². The number of rotatable bonds is 3. The quantitative estimate of drug-likeness (QED) is 0.870. The number of nitriles is 1. The van der Waals surface area contributed by atoms with Gasteiger partial charge in [0.05, 0.1) is 29.6 Å². The Morgan fingerprint density at radius 2 is 2.00 bits per heavy atom. The van der Waals surface area contributed by atoms with Crippen molar-refractivity contribution in [1.82, 2.24) is 0 Å². The van der Waals surface area contributed by atoms with Crippen LogP contribution >= 0.6 is 0 Å². The largest absolute Gasteiger partial charge is 0.465 e. The van der Waals surface area contributed by atoms with Gasteiger partial charge < -0.3 is 10.1 Å². The maximum absolute atomic E-state index is 13.1. The van der Waals surface area contributed by atoms with Gasteiger partial charge in [0.15, 0.2) is 0 Å². The number of esters is 1. The number of ether oxygens (including phenoxy) is 1. The van der Waals surface area contributed by atoms with E-state index in [2.05, 4.69) is 10.1 Å². The van der Waals surface area contributed by atoms with Crippen LogP contribution in [0.4, 0.5) is 15.8 Å². The molecule has 0 spiro atoms. The van der Waals surface area contributed by atoms with E-state index < -0.39 is 11.8 Å². The van der Waals surface area contributed by atoms with E-state index in [0.29, 0.717) is 16.9 Å². The van der Waals surface area contributed by atoms with Crippen LogP contribution in [0.3, 0.4) is 0 Å². The molecule has 0 bridgehead atoms. The number of nitrogens with one attached hydrogen (secondary N) is 1. The third-order valence-electron chi connectivity index (χ3n) is 2.70. The van der Waals surface area contributed by atoms with Crippen LogP contribution < -0.4 is 5.32 Å². The van der Waals surface area contributed by atoms with E-state index in [4.69, 9.17) is 5.26 Å². The molecule has 0 heterocycles. The predicted molar refractivity (Wildman–Crippen MR) is 72.2 cm³/mol. The molecular formula is C15H11FN2O2. The lowest BCUT2D eigenvalue weighted by Crippen LogP contribution is -2.06. The molecule has 20 heavy (non-hydrogen) atoms. The number of anilines is 2. The Kier molecular flexibility index (Phi) is 3.96. The topological polar surface area (TPSA) is 62.1 Å². The summed E-state index contributed by atoms with van der Waals surface area (Å²) in [6, 6.07) is 12.4. The van der Waals surface area contributed by atoms with Gasteiger partial charge in [-0.3, -0.25) is 0 Å². The smallest absolute Gasteiger partial charge is 0.339 e. The normalized spacial score (nSPS) is 9.65. The molecule has 0 unspecified atom stereocenters. The highest BCUT2D eigenvalue weighted by Gasteiger charge is 2.12. The molecule has 0 saturated heterocycles. The number of carbonyl (C=O) groups is 1. The molecule has 100 valence electrons. The molecular weight excluding hydrogens is 259 g/mol. The SMILES string of the molecule is COC(=O)c1ccccc1Nc1ccc(F)cc1C#N. The molecule has 0 aliphatic heterocycles. The summed E-state index contributed by atoms with van der Waals surface area (Å²) in [6.45, 7) is 0. The summed E-state index contributed by atoms with van der Waals surface area (Å²) >= 11 is 0. The summed E-state index contributed by atoms with van der Waals surface area (Å²) < 4.78 is 17.8. The number of benzene rings is 2. The van der Waals surface area contributed by atoms with Gasteiger partial charge in [-0.05, 0) is 30.3 Å². The Labute approximate surface area is 115 Å². The zero-order valence-electron chi connectivity index (χ0n) is 10.7. The van der Waals surface area contributed by atoms with Crippen LogP contribution in [0.1, 0.15) is 15.9 Å². The third-order valence-corrected chi connectivity index (χ3v) is 2.70. The van der Waals surface area contributed by atoms with E-state index in [1.165, 1.54) is 19.2 Å². The fraction of sp³-hybridized carbons (Fsp3) is 0.0667. The van der Waals surface area contributed by atoms with Gasteiger partial charge in [0.25, 0.3) is 0 Å². The van der Waals surface area contributed by atoms with Crippen molar-refractivity contribution >= 4 is 17.3 Å². The highest BCUT2D eigenvalue weighted by molar-refractivity contribution is 5.96. The van der Waals surface area contributed by atoms with Crippen LogP contribution in [-0.4, -0.2) is 13.1 Å². The fourth-order valence-electron chi connectivity index (χ4n) is 1.74. The first kappa shape index (κ1) is 13.6. The van der Waals surface area contributed by atoms with Crippen molar-refractivity contribution in [2.24, 2.45) is 0 Å². The van der Waals surface area contributed by atoms with Gasteiger partial charge in [-0.15, -0.1) is 0 Å². The second-order valence-electron chi connectivity index (χ2n) is 3.96. The van der Waals surface area contributed by atoms with E-state index in [0.717, 1.165) is 6.07 Å². The fourth-order valence-corrected chi connectivity index (χ4v) is 1.74. The van der Waals surface area contributed by atoms with Crippen LogP contribution in [0.25, 0.3) is 0 Å². The lowest BCUT2D eigenvalue weighted by atomic mass is 10.1. The number of methoxy groups -OCH3 is 1. The van der Waals surface area contributed by atoms with E-state index in [1.54, 1.807) is 24.3 Å². The van der Waals surface area contributed by atoms with Gasteiger partial charge in [0, 0.05) is 0 Å². The Morgan fingerprint density at radius 3 is 2.70 bits per heavy atom. The van der Waals surface area contributed by atoms with Crippen molar-refractivity contribution in [3.63, 3.8) is 0 Å². The van der Waals surface area contributed by atoms with E-state index in [-0.39, 0.29) is 5.56 Å². The molecule has 0 aliphatic rings. The Morgan fingerprint density at radius 1 is 1.25 bits per heavy atom. The van der Waals surface area contributed by atoms with Gasteiger partial charge >= 0.3 is 5.97 Å². The highest BCUT2D eigenvalue weighted by Crippen LogP contribution is 2.24. The highest BCUT2D eigenvalue weighted by atomic mass is 19.1. The lowest BCUT2D eigenvalue weighted by molar-refractivity contribution is 0.0602. The summed E-state index contributed by atoms with van der Waals surface area (Å²) in [5.74, 6) is -0.984. The van der Waals surface area contributed by atoms with Crippen LogP contribution in [0, 0.1) is 17.1 Å². The maximum Gasteiger partial charge on any atom is 0.339 e. The average molecular weight is 270 g/mol. The van der Waals surface area contributed by atoms with Crippen molar-refractivity contribution in [3.8, 4) is 6.07 Å². The van der Waals surface area contributed by atoms with Crippen LogP contribution in [0.15, 0.2) is 42.5 Å². The van der Waals surface area contributed by atoms with Crippen molar-refractivity contribution in [2.75, 3.05) is 12.4 Å². The number of nitrogens with zero attached hydrogens (tertiary/aromatic N) is 1. The molecule has 0 saturated carbocycles. The molecule has 2 aromatic rings. The number of halogens is 1. The van der Waals surface area contributed by atoms with Crippen molar-refractivity contribution in [2.45, 2.75) is 0 Å². The first-order chi connectivity index (χ1) is 9.65. The molecule has 0 atom stereocenters. The standard InChI is InChI=1S/C15H11FN2O2/c1-20-15(19)12-4-2-3-5-14(12)18-13-7-6-11(16)8-10(13)9-17/h2-8,18H,1H3. The predicted octanol–water partition coefficient (Wildman–Crippen LogP) is 3.23. The van der Waals surface area contributed by atoms with Crippen molar-refractivity contribution < 1.29 is 13.9 Å². The van der Waals surface area contributed by atoms with Crippen molar-refractivity contribution in [3.05, 3.63) is 59.4 Å². The molecule has 2 rings (SSSR count). The summed E-state index contributed by atoms with van der Waals surface area (Å²) in [5, 5.41) is 11.9. The molecule has 2 aromatic carbocycles. The second-order valence-corrected chi connectivity index (χ2v) is 3.96. The summed E-state index contributed by atoms with van der Waals surface area (Å²) in [7, 11) is 1.29. The van der Waals surface area contributed by atoms with E-state index in [1.807, 2.05) is 6.07 Å². The zero-order valence-corrected chi connectivity index (χ0v) is 10.7. The van der Waals surface area contributed by atoms with Gasteiger partial charge in [-0.2, -0.15) is 5.26 Å². The minimum atomic E-state index is -0.492. The van der Waals surface area contributed by atoms with E-state index >= 15 is 0 Å². The maximum atomic E-state index is 13.1. The van der Waals surface area contributed by atoms with Gasteiger partial charge in [-0.1, -0.05) is 12.1 Å². The molecule has 0 fully saturated rings. The summed E-state index contributed by atoms with van der Waals surface area (Å²) in [4.78, 5) is 11.6. The number of hydrogen-bond acceptors (Lipinski definition) is 4. The molecule has 1 N–H and O–H groups in total. The number of hydrogen-bond donors (Lipinski definition) is 1. The second kappa shape index (κ2) is 5.85. The van der Waals surface area contributed by atoms with Gasteiger partial charge in [0.1, 0.15) is 11.9 Å². The van der Waals surface area contributed by atoms with Gasteiger partial charge in [-0.25, -0.2) is 9.18 Å². The monoisotopic (exact) mass is 270 g/mol. The van der Waals surface area contributed by atoms with E-state index in [9.17, 15) is 9.18 Å². The molecule has 5 heteroatoms. The molecule has 0 aliphatic carbocycles. The minimum Gasteiger partial charge on any atom is -0.465 e. The Hall–Kier alpha value is -2.87. The first-order valence-electron chi connectivity index (χ1n) is 5.79.